The largest absolute Gasteiger partial charge is 0.456 e. The summed E-state index contributed by atoms with van der Waals surface area (Å²) in [7, 11) is 3.20. The molecule has 55 heavy (non-hydrogen) atoms. The van der Waals surface area contributed by atoms with E-state index < -0.39 is 72.0 Å². The maximum Gasteiger partial charge on any atom is 0.329 e. The molecule has 1 saturated carbocycles. The second-order valence-electron chi connectivity index (χ2n) is 17.2. The molecule has 1 aliphatic carbocycles. The van der Waals surface area contributed by atoms with Crippen molar-refractivity contribution in [3.8, 4) is 0 Å². The van der Waals surface area contributed by atoms with Crippen LogP contribution in [0.15, 0.2) is 36.0 Å². The number of ether oxygens (including phenoxy) is 4. The van der Waals surface area contributed by atoms with Crippen LogP contribution in [0.25, 0.3) is 0 Å². The molecule has 14 atom stereocenters. The maximum atomic E-state index is 14.1. The fourth-order valence-corrected chi connectivity index (χ4v) is 9.42. The molecule has 4 aliphatic rings. The molecule has 0 radical (unpaired) electrons. The van der Waals surface area contributed by atoms with E-state index >= 15 is 0 Å². The number of Topliss-reactive ketones (excluding diaryl/α,β-unsaturated/α-hetero) is 1. The third-order valence-electron chi connectivity index (χ3n) is 12.8. The molecular formula is C43H69NO11. The van der Waals surface area contributed by atoms with Crippen molar-refractivity contribution in [2.45, 2.75) is 154 Å². The zero-order valence-corrected chi connectivity index (χ0v) is 34.2. The Balaban J connectivity index is 1.72. The van der Waals surface area contributed by atoms with Crippen LogP contribution < -0.4 is 0 Å². The molecule has 4 N–H and O–H groups in total. The lowest BCUT2D eigenvalue weighted by molar-refractivity contribution is -0.321. The van der Waals surface area contributed by atoms with Gasteiger partial charge in [0, 0.05) is 57.5 Å². The lowest BCUT2D eigenvalue weighted by atomic mass is 9.78. The zero-order chi connectivity index (χ0) is 40.6. The van der Waals surface area contributed by atoms with E-state index in [1.54, 1.807) is 27.2 Å². The summed E-state index contributed by atoms with van der Waals surface area (Å²) in [6.07, 6.45) is 5.74. The lowest BCUT2D eigenvalue weighted by Gasteiger charge is -2.47. The predicted molar refractivity (Wildman–Crippen MR) is 207 cm³/mol. The van der Waals surface area contributed by atoms with Gasteiger partial charge in [0.2, 0.25) is 5.91 Å². The van der Waals surface area contributed by atoms with Crippen molar-refractivity contribution in [2.24, 2.45) is 35.5 Å². The minimum absolute atomic E-state index is 0.00450. The Morgan fingerprint density at radius 2 is 1.71 bits per heavy atom. The summed E-state index contributed by atoms with van der Waals surface area (Å²) in [6, 6.07) is -0.908. The average molecular weight is 776 g/mol. The van der Waals surface area contributed by atoms with Gasteiger partial charge in [-0.15, -0.1) is 6.58 Å². The summed E-state index contributed by atoms with van der Waals surface area (Å²) >= 11 is 0. The number of allylic oxidation sites excluding steroid dienone is 4. The van der Waals surface area contributed by atoms with Crippen molar-refractivity contribution in [3.05, 3.63) is 36.0 Å². The van der Waals surface area contributed by atoms with Gasteiger partial charge in [0.25, 0.3) is 0 Å². The number of aliphatic hydroxyl groups excluding tert-OH is 3. The summed E-state index contributed by atoms with van der Waals surface area (Å²) in [6.45, 7) is 13.6. The standard InChI is InChI=1S/C43H69NO11/c1-9-11-31-17-25(2)16-26(3)18-37(52-7)41-38(53-8)20-28(5)43(51,55-41)23-39(49)44-15-10-12-33(44)42(50)54-40(29(6)35(47)22-36(31)48)27(4)19-30-13-14-34(46)32(21-30)24-45/h9,17,19,26,28-35,37-38,40-41,45-47,51H,1,10-16,18,20-24H2,2-8H3/b25-17+,27-19+/t26-,28+,29+,30-,31+,32-,33-,34+,35-,37-,38-,40+,41+,43-/m0/s1. The highest BCUT2D eigenvalue weighted by molar-refractivity contribution is 5.86. The minimum atomic E-state index is -1.83. The number of cyclic esters (lactones) is 1. The van der Waals surface area contributed by atoms with Gasteiger partial charge in [0.1, 0.15) is 24.0 Å². The van der Waals surface area contributed by atoms with Crippen LogP contribution in [-0.4, -0.2) is 119 Å². The molecule has 312 valence electrons. The van der Waals surface area contributed by atoms with Crippen molar-refractivity contribution in [2.75, 3.05) is 27.4 Å². The molecule has 12 heteroatoms. The molecule has 2 saturated heterocycles. The van der Waals surface area contributed by atoms with Crippen LogP contribution in [0.2, 0.25) is 0 Å². The highest BCUT2D eigenvalue weighted by Crippen LogP contribution is 2.40. The third kappa shape index (κ3) is 11.4. The van der Waals surface area contributed by atoms with Gasteiger partial charge in [-0.25, -0.2) is 4.79 Å². The number of nitrogens with zero attached hydrogens (tertiary/aromatic N) is 1. The Hall–Kier alpha value is -2.45. The molecule has 0 aromatic heterocycles. The number of ketones is 1. The first kappa shape index (κ1) is 45.3. The summed E-state index contributed by atoms with van der Waals surface area (Å²) in [5, 5.41) is 43.9. The summed E-state index contributed by atoms with van der Waals surface area (Å²) in [5.74, 6) is -4.84. The van der Waals surface area contributed by atoms with Gasteiger partial charge in [-0.3, -0.25) is 9.59 Å². The number of carbonyl (C=O) groups excluding carboxylic acids is 3. The summed E-state index contributed by atoms with van der Waals surface area (Å²) in [4.78, 5) is 43.5. The van der Waals surface area contributed by atoms with Crippen molar-refractivity contribution < 1.29 is 53.8 Å². The van der Waals surface area contributed by atoms with Gasteiger partial charge < -0.3 is 44.3 Å². The Morgan fingerprint density at radius 3 is 2.36 bits per heavy atom. The monoisotopic (exact) mass is 775 g/mol. The van der Waals surface area contributed by atoms with Gasteiger partial charge in [-0.05, 0) is 89.0 Å². The fraction of sp³-hybridized carbons (Fsp3) is 0.791. The van der Waals surface area contributed by atoms with Crippen LogP contribution in [0.3, 0.4) is 0 Å². The number of hydrogen-bond acceptors (Lipinski definition) is 11. The highest BCUT2D eigenvalue weighted by atomic mass is 16.7. The SMILES string of the molecule is C=CC[C@@H]1/C=C(\C)C[C@H](C)C[C@H](OC)[C@H]2O[C@@](O)(CC(=O)N3CCC[C@H]3C(=O)O[C@H](/C(C)=C/[C@@H]3CC[C@@H](O)[C@H](CO)C3)[C@H](C)[C@@H](O)CC1=O)[C@H](C)C[C@@H]2OC. The van der Waals surface area contributed by atoms with Gasteiger partial charge in [0.15, 0.2) is 5.79 Å². The molecule has 0 aromatic rings. The summed E-state index contributed by atoms with van der Waals surface area (Å²) in [5.41, 5.74) is 1.70. The van der Waals surface area contributed by atoms with E-state index in [-0.39, 0.29) is 49.1 Å². The summed E-state index contributed by atoms with van der Waals surface area (Å²) < 4.78 is 24.5. The van der Waals surface area contributed by atoms with E-state index in [0.717, 1.165) is 5.57 Å². The number of carbonyl (C=O) groups is 3. The van der Waals surface area contributed by atoms with E-state index in [0.29, 0.717) is 69.9 Å². The first-order chi connectivity index (χ1) is 26.0. The van der Waals surface area contributed by atoms with Gasteiger partial charge >= 0.3 is 5.97 Å². The number of rotatable bonds is 7. The Bertz CT molecular complexity index is 1380. The molecular weight excluding hydrogens is 706 g/mol. The fourth-order valence-electron chi connectivity index (χ4n) is 9.42. The van der Waals surface area contributed by atoms with Gasteiger partial charge in [0.05, 0.1) is 30.8 Å². The van der Waals surface area contributed by atoms with Crippen molar-refractivity contribution in [1.29, 1.82) is 0 Å². The first-order valence-corrected chi connectivity index (χ1v) is 20.5. The van der Waals surface area contributed by atoms with Gasteiger partial charge in [-0.1, -0.05) is 44.6 Å². The molecule has 2 bridgehead atoms. The maximum absolute atomic E-state index is 14.1. The second kappa shape index (κ2) is 20.3. The smallest absolute Gasteiger partial charge is 0.329 e. The highest BCUT2D eigenvalue weighted by Gasteiger charge is 2.51. The van der Waals surface area contributed by atoms with Crippen LogP contribution >= 0.6 is 0 Å². The average Bonchev–Trinajstić information content (AvgIpc) is 3.64. The number of aliphatic hydroxyl groups is 4. The topological polar surface area (TPSA) is 172 Å². The molecule has 4 rings (SSSR count). The number of esters is 1. The van der Waals surface area contributed by atoms with E-state index in [1.165, 1.54) is 4.90 Å². The van der Waals surface area contributed by atoms with Crippen molar-refractivity contribution >= 4 is 17.7 Å². The van der Waals surface area contributed by atoms with E-state index in [4.69, 9.17) is 18.9 Å². The normalized spacial score (nSPS) is 41.8. The van der Waals surface area contributed by atoms with Crippen LogP contribution in [0, 0.1) is 35.5 Å². The zero-order valence-electron chi connectivity index (χ0n) is 34.2. The molecule has 0 aromatic carbocycles. The van der Waals surface area contributed by atoms with E-state index in [2.05, 4.69) is 13.5 Å². The molecule has 3 fully saturated rings. The van der Waals surface area contributed by atoms with Crippen LogP contribution in [0.1, 0.15) is 105 Å². The van der Waals surface area contributed by atoms with Crippen molar-refractivity contribution in [3.63, 3.8) is 0 Å². The number of methoxy groups -OCH3 is 2. The molecule has 0 unspecified atom stereocenters. The van der Waals surface area contributed by atoms with Crippen LogP contribution in [-0.2, 0) is 33.3 Å². The predicted octanol–water partition coefficient (Wildman–Crippen LogP) is 4.66. The minimum Gasteiger partial charge on any atom is -0.456 e. The van der Waals surface area contributed by atoms with Crippen LogP contribution in [0.5, 0.6) is 0 Å². The lowest BCUT2D eigenvalue weighted by Crippen LogP contribution is -2.59. The molecule has 12 nitrogen and oxygen atoms in total. The number of hydrogen-bond donors (Lipinski definition) is 4. The molecule has 3 heterocycles. The van der Waals surface area contributed by atoms with Crippen molar-refractivity contribution in [1.82, 2.24) is 4.90 Å². The molecule has 3 aliphatic heterocycles. The number of fused-ring (bicyclic) bond motifs is 3. The first-order valence-electron chi connectivity index (χ1n) is 20.5. The van der Waals surface area contributed by atoms with E-state index in [9.17, 15) is 34.8 Å². The van der Waals surface area contributed by atoms with Gasteiger partial charge in [-0.2, -0.15) is 0 Å². The second-order valence-corrected chi connectivity index (χ2v) is 17.2. The molecule has 1 amide bonds. The van der Waals surface area contributed by atoms with Crippen LogP contribution in [0.4, 0.5) is 0 Å². The quantitative estimate of drug-likeness (QED) is 0.209. The number of amides is 1. The third-order valence-corrected chi connectivity index (χ3v) is 12.8. The Labute approximate surface area is 328 Å². The molecule has 0 spiro atoms. The Kier molecular flexibility index (Phi) is 16.7. The van der Waals surface area contributed by atoms with E-state index in [1.807, 2.05) is 32.9 Å². The Morgan fingerprint density at radius 1 is 1.02 bits per heavy atom.